The molecule has 1 aromatic heterocycles. The van der Waals surface area contributed by atoms with E-state index in [0.717, 1.165) is 16.0 Å². The van der Waals surface area contributed by atoms with Gasteiger partial charge in [-0.1, -0.05) is 15.9 Å². The summed E-state index contributed by atoms with van der Waals surface area (Å²) in [5.74, 6) is 0.609. The summed E-state index contributed by atoms with van der Waals surface area (Å²) in [6.07, 6.45) is 1.74. The van der Waals surface area contributed by atoms with Crippen LogP contribution in [0.25, 0.3) is 0 Å². The summed E-state index contributed by atoms with van der Waals surface area (Å²) in [6, 6.07) is 8.59. The third-order valence-electron chi connectivity index (χ3n) is 3.01. The standard InChI is InChI=1S/C15H17BrFN3/c1-10(12-9-11(16)6-7-13(12)17)19-14-5-4-8-18-15(14)20(2)3/h4-10,19H,1-3H3. The van der Waals surface area contributed by atoms with Crippen LogP contribution >= 0.6 is 15.9 Å². The highest BCUT2D eigenvalue weighted by molar-refractivity contribution is 9.10. The molecule has 0 saturated carbocycles. The van der Waals surface area contributed by atoms with Crippen molar-refractivity contribution in [3.8, 4) is 0 Å². The Morgan fingerprint density at radius 2 is 2.05 bits per heavy atom. The molecule has 5 heteroatoms. The zero-order chi connectivity index (χ0) is 14.7. The van der Waals surface area contributed by atoms with Crippen molar-refractivity contribution < 1.29 is 4.39 Å². The van der Waals surface area contributed by atoms with Crippen LogP contribution in [0.15, 0.2) is 41.0 Å². The van der Waals surface area contributed by atoms with E-state index in [2.05, 4.69) is 26.2 Å². The minimum absolute atomic E-state index is 0.157. The van der Waals surface area contributed by atoms with Crippen LogP contribution in [0, 0.1) is 5.82 Å². The zero-order valence-corrected chi connectivity index (χ0v) is 13.3. The van der Waals surface area contributed by atoms with Crippen LogP contribution < -0.4 is 10.2 Å². The van der Waals surface area contributed by atoms with E-state index in [1.54, 1.807) is 18.3 Å². The normalized spacial score (nSPS) is 12.1. The first kappa shape index (κ1) is 14.8. The minimum Gasteiger partial charge on any atom is -0.375 e. The van der Waals surface area contributed by atoms with Gasteiger partial charge >= 0.3 is 0 Å². The summed E-state index contributed by atoms with van der Waals surface area (Å²) in [7, 11) is 3.86. The van der Waals surface area contributed by atoms with Crippen molar-refractivity contribution in [2.75, 3.05) is 24.3 Å². The second kappa shape index (κ2) is 6.22. The zero-order valence-electron chi connectivity index (χ0n) is 11.7. The molecule has 0 fully saturated rings. The van der Waals surface area contributed by atoms with Gasteiger partial charge in [-0.15, -0.1) is 0 Å². The molecule has 0 aliphatic heterocycles. The Hall–Kier alpha value is -1.62. The molecule has 1 unspecified atom stereocenters. The molecule has 0 radical (unpaired) electrons. The summed E-state index contributed by atoms with van der Waals surface area (Å²) in [5.41, 5.74) is 1.50. The molecular weight excluding hydrogens is 321 g/mol. The summed E-state index contributed by atoms with van der Waals surface area (Å²) in [4.78, 5) is 6.25. The Kier molecular flexibility index (Phi) is 4.60. The average Bonchev–Trinajstić information content (AvgIpc) is 2.41. The Morgan fingerprint density at radius 3 is 2.75 bits per heavy atom. The highest BCUT2D eigenvalue weighted by Gasteiger charge is 2.14. The molecule has 0 spiro atoms. The van der Waals surface area contributed by atoms with E-state index in [9.17, 15) is 4.39 Å². The molecular formula is C15H17BrFN3. The van der Waals surface area contributed by atoms with E-state index in [1.807, 2.05) is 38.1 Å². The fourth-order valence-corrected chi connectivity index (χ4v) is 2.40. The van der Waals surface area contributed by atoms with Crippen molar-refractivity contribution in [3.05, 3.63) is 52.4 Å². The van der Waals surface area contributed by atoms with Crippen LogP contribution in [0.5, 0.6) is 0 Å². The topological polar surface area (TPSA) is 28.2 Å². The molecule has 0 saturated heterocycles. The molecule has 0 bridgehead atoms. The third-order valence-corrected chi connectivity index (χ3v) is 3.50. The van der Waals surface area contributed by atoms with Crippen molar-refractivity contribution >= 4 is 27.4 Å². The van der Waals surface area contributed by atoms with Crippen molar-refractivity contribution in [1.29, 1.82) is 0 Å². The molecule has 106 valence electrons. The summed E-state index contributed by atoms with van der Waals surface area (Å²) in [6.45, 7) is 1.93. The number of halogens is 2. The molecule has 1 N–H and O–H groups in total. The van der Waals surface area contributed by atoms with Gasteiger partial charge in [0.2, 0.25) is 0 Å². The Labute approximate surface area is 127 Å². The van der Waals surface area contributed by atoms with Gasteiger partial charge in [-0.2, -0.15) is 0 Å². The fourth-order valence-electron chi connectivity index (χ4n) is 2.02. The van der Waals surface area contributed by atoms with Gasteiger partial charge in [-0.25, -0.2) is 9.37 Å². The predicted molar refractivity (Wildman–Crippen MR) is 84.7 cm³/mol. The molecule has 0 amide bonds. The second-order valence-electron chi connectivity index (χ2n) is 4.80. The van der Waals surface area contributed by atoms with Crippen molar-refractivity contribution in [2.24, 2.45) is 0 Å². The van der Waals surface area contributed by atoms with Gasteiger partial charge < -0.3 is 10.2 Å². The predicted octanol–water partition coefficient (Wildman–Crippen LogP) is 4.22. The summed E-state index contributed by atoms with van der Waals surface area (Å²) in [5, 5.41) is 3.31. The van der Waals surface area contributed by atoms with E-state index < -0.39 is 0 Å². The maximum absolute atomic E-state index is 13.9. The lowest BCUT2D eigenvalue weighted by atomic mass is 10.1. The SMILES string of the molecule is CC(Nc1cccnc1N(C)C)c1cc(Br)ccc1F. The van der Waals surface area contributed by atoms with Gasteiger partial charge in [-0.05, 0) is 37.3 Å². The quantitative estimate of drug-likeness (QED) is 0.905. The molecule has 1 aromatic carbocycles. The van der Waals surface area contributed by atoms with Crippen LogP contribution in [0.2, 0.25) is 0 Å². The van der Waals surface area contributed by atoms with E-state index in [0.29, 0.717) is 5.56 Å². The van der Waals surface area contributed by atoms with Crippen molar-refractivity contribution in [1.82, 2.24) is 4.98 Å². The van der Waals surface area contributed by atoms with E-state index in [1.165, 1.54) is 6.07 Å². The molecule has 1 atom stereocenters. The minimum atomic E-state index is -0.219. The monoisotopic (exact) mass is 337 g/mol. The summed E-state index contributed by atoms with van der Waals surface area (Å²) < 4.78 is 14.8. The molecule has 1 heterocycles. The number of pyridine rings is 1. The molecule has 2 rings (SSSR count). The Morgan fingerprint density at radius 1 is 1.30 bits per heavy atom. The lowest BCUT2D eigenvalue weighted by Crippen LogP contribution is -2.16. The number of aromatic nitrogens is 1. The van der Waals surface area contributed by atoms with Crippen molar-refractivity contribution in [3.63, 3.8) is 0 Å². The van der Waals surface area contributed by atoms with Gasteiger partial charge in [0.1, 0.15) is 5.82 Å². The van der Waals surface area contributed by atoms with E-state index in [-0.39, 0.29) is 11.9 Å². The van der Waals surface area contributed by atoms with Crippen molar-refractivity contribution in [2.45, 2.75) is 13.0 Å². The first-order valence-corrected chi connectivity index (χ1v) is 7.12. The van der Waals surface area contributed by atoms with Crippen LogP contribution in [0.4, 0.5) is 15.9 Å². The van der Waals surface area contributed by atoms with Crippen LogP contribution in [-0.2, 0) is 0 Å². The lowest BCUT2D eigenvalue weighted by Gasteiger charge is -2.21. The fraction of sp³-hybridized carbons (Fsp3) is 0.267. The Balaban J connectivity index is 2.28. The number of hydrogen-bond donors (Lipinski definition) is 1. The van der Waals surface area contributed by atoms with Crippen LogP contribution in [0.3, 0.4) is 0 Å². The highest BCUT2D eigenvalue weighted by Crippen LogP contribution is 2.28. The number of nitrogens with one attached hydrogen (secondary N) is 1. The lowest BCUT2D eigenvalue weighted by molar-refractivity contribution is 0.600. The molecule has 0 aliphatic carbocycles. The third kappa shape index (κ3) is 3.28. The van der Waals surface area contributed by atoms with Gasteiger partial charge in [0.25, 0.3) is 0 Å². The van der Waals surface area contributed by atoms with Gasteiger partial charge in [0, 0.05) is 30.3 Å². The molecule has 3 nitrogen and oxygen atoms in total. The average molecular weight is 338 g/mol. The van der Waals surface area contributed by atoms with Gasteiger partial charge in [0.15, 0.2) is 5.82 Å². The largest absolute Gasteiger partial charge is 0.375 e. The number of hydrogen-bond acceptors (Lipinski definition) is 3. The number of benzene rings is 1. The first-order valence-electron chi connectivity index (χ1n) is 6.33. The number of rotatable bonds is 4. The molecule has 20 heavy (non-hydrogen) atoms. The second-order valence-corrected chi connectivity index (χ2v) is 5.72. The number of nitrogens with zero attached hydrogens (tertiary/aromatic N) is 2. The summed E-state index contributed by atoms with van der Waals surface area (Å²) >= 11 is 3.37. The first-order chi connectivity index (χ1) is 9.49. The maximum Gasteiger partial charge on any atom is 0.151 e. The maximum atomic E-state index is 13.9. The van der Waals surface area contributed by atoms with Gasteiger partial charge in [-0.3, -0.25) is 0 Å². The van der Waals surface area contributed by atoms with E-state index in [4.69, 9.17) is 0 Å². The molecule has 2 aromatic rings. The molecule has 0 aliphatic rings. The van der Waals surface area contributed by atoms with Crippen LogP contribution in [0.1, 0.15) is 18.5 Å². The Bertz CT molecular complexity index is 601. The van der Waals surface area contributed by atoms with E-state index >= 15 is 0 Å². The number of anilines is 2. The highest BCUT2D eigenvalue weighted by atomic mass is 79.9. The van der Waals surface area contributed by atoms with Gasteiger partial charge in [0.05, 0.1) is 11.7 Å². The smallest absolute Gasteiger partial charge is 0.151 e. The van der Waals surface area contributed by atoms with Crippen LogP contribution in [-0.4, -0.2) is 19.1 Å².